The highest BCUT2D eigenvalue weighted by molar-refractivity contribution is 5.35. The lowest BCUT2D eigenvalue weighted by Gasteiger charge is -2.18. The van der Waals surface area contributed by atoms with E-state index in [1.54, 1.807) is 6.20 Å². The Labute approximate surface area is 98.1 Å². The molecule has 0 saturated carbocycles. The summed E-state index contributed by atoms with van der Waals surface area (Å²) >= 11 is 0. The standard InChI is InChI=1S/C12H22N4/c1-10(2)9-13-7-8-16(4)12-5-6-14-11(3)15-12/h5-6,10,13H,7-9H2,1-4H3. The smallest absolute Gasteiger partial charge is 0.132 e. The Morgan fingerprint density at radius 2 is 2.19 bits per heavy atom. The number of rotatable bonds is 6. The molecule has 1 aromatic rings. The third-order valence-electron chi connectivity index (χ3n) is 2.33. The second kappa shape index (κ2) is 6.43. The number of aromatic nitrogens is 2. The number of nitrogens with zero attached hydrogens (tertiary/aromatic N) is 3. The second-order valence-corrected chi connectivity index (χ2v) is 4.48. The van der Waals surface area contributed by atoms with E-state index in [9.17, 15) is 0 Å². The van der Waals surface area contributed by atoms with Crippen LogP contribution in [0.15, 0.2) is 12.3 Å². The van der Waals surface area contributed by atoms with Gasteiger partial charge in [-0.2, -0.15) is 0 Å². The number of aryl methyl sites for hydroxylation is 1. The lowest BCUT2D eigenvalue weighted by molar-refractivity contribution is 0.554. The lowest BCUT2D eigenvalue weighted by atomic mass is 10.2. The van der Waals surface area contributed by atoms with Gasteiger partial charge in [0.15, 0.2) is 0 Å². The highest BCUT2D eigenvalue weighted by Gasteiger charge is 2.02. The van der Waals surface area contributed by atoms with E-state index < -0.39 is 0 Å². The highest BCUT2D eigenvalue weighted by Crippen LogP contribution is 2.06. The molecule has 0 aliphatic rings. The summed E-state index contributed by atoms with van der Waals surface area (Å²) in [6.07, 6.45) is 1.80. The van der Waals surface area contributed by atoms with Crippen molar-refractivity contribution in [1.82, 2.24) is 15.3 Å². The van der Waals surface area contributed by atoms with Crippen LogP contribution in [0.4, 0.5) is 5.82 Å². The van der Waals surface area contributed by atoms with Crippen molar-refractivity contribution in [3.05, 3.63) is 18.1 Å². The minimum atomic E-state index is 0.701. The van der Waals surface area contributed by atoms with E-state index in [-0.39, 0.29) is 0 Å². The zero-order valence-electron chi connectivity index (χ0n) is 10.7. The predicted molar refractivity (Wildman–Crippen MR) is 67.7 cm³/mol. The molecule has 0 aromatic carbocycles. The average molecular weight is 222 g/mol. The number of hydrogen-bond donors (Lipinski definition) is 1. The zero-order valence-corrected chi connectivity index (χ0v) is 10.7. The summed E-state index contributed by atoms with van der Waals surface area (Å²) in [5, 5.41) is 3.42. The molecule has 0 aliphatic carbocycles. The normalized spacial score (nSPS) is 10.8. The number of anilines is 1. The van der Waals surface area contributed by atoms with Crippen molar-refractivity contribution in [3.8, 4) is 0 Å². The van der Waals surface area contributed by atoms with Crippen molar-refractivity contribution < 1.29 is 0 Å². The van der Waals surface area contributed by atoms with Crippen LogP contribution in [0.3, 0.4) is 0 Å². The summed E-state index contributed by atoms with van der Waals surface area (Å²) in [7, 11) is 2.05. The Balaban J connectivity index is 2.32. The first-order valence-corrected chi connectivity index (χ1v) is 5.81. The maximum absolute atomic E-state index is 4.37. The Hall–Kier alpha value is -1.16. The number of likely N-dealkylation sites (N-methyl/N-ethyl adjacent to an activating group) is 1. The topological polar surface area (TPSA) is 41.1 Å². The average Bonchev–Trinajstić information content (AvgIpc) is 2.24. The Kier molecular flexibility index (Phi) is 5.19. The maximum atomic E-state index is 4.37. The van der Waals surface area contributed by atoms with E-state index >= 15 is 0 Å². The molecule has 0 unspecified atom stereocenters. The lowest BCUT2D eigenvalue weighted by Crippen LogP contribution is -2.31. The summed E-state index contributed by atoms with van der Waals surface area (Å²) in [6.45, 7) is 9.35. The van der Waals surface area contributed by atoms with Crippen molar-refractivity contribution in [2.24, 2.45) is 5.92 Å². The molecular weight excluding hydrogens is 200 g/mol. The van der Waals surface area contributed by atoms with Gasteiger partial charge in [-0.3, -0.25) is 0 Å². The predicted octanol–water partition coefficient (Wildman–Crippen LogP) is 1.47. The Morgan fingerprint density at radius 1 is 1.44 bits per heavy atom. The van der Waals surface area contributed by atoms with Crippen molar-refractivity contribution in [3.63, 3.8) is 0 Å². The summed E-state index contributed by atoms with van der Waals surface area (Å²) < 4.78 is 0. The summed E-state index contributed by atoms with van der Waals surface area (Å²) in [5.74, 6) is 2.50. The fourth-order valence-electron chi connectivity index (χ4n) is 1.41. The van der Waals surface area contributed by atoms with Gasteiger partial charge in [0.05, 0.1) is 0 Å². The van der Waals surface area contributed by atoms with Gasteiger partial charge in [0.25, 0.3) is 0 Å². The van der Waals surface area contributed by atoms with Crippen LogP contribution in [-0.2, 0) is 0 Å². The van der Waals surface area contributed by atoms with Crippen LogP contribution in [0.5, 0.6) is 0 Å². The van der Waals surface area contributed by atoms with Crippen LogP contribution in [0.2, 0.25) is 0 Å². The molecule has 90 valence electrons. The van der Waals surface area contributed by atoms with Gasteiger partial charge < -0.3 is 10.2 Å². The van der Waals surface area contributed by atoms with Crippen LogP contribution in [-0.4, -0.2) is 36.6 Å². The minimum absolute atomic E-state index is 0.701. The summed E-state index contributed by atoms with van der Waals surface area (Å²) in [5.41, 5.74) is 0. The number of hydrogen-bond acceptors (Lipinski definition) is 4. The third-order valence-corrected chi connectivity index (χ3v) is 2.33. The van der Waals surface area contributed by atoms with E-state index in [2.05, 4.69) is 41.1 Å². The van der Waals surface area contributed by atoms with Gasteiger partial charge in [-0.1, -0.05) is 13.8 Å². The second-order valence-electron chi connectivity index (χ2n) is 4.48. The molecule has 0 fully saturated rings. The van der Waals surface area contributed by atoms with Crippen LogP contribution >= 0.6 is 0 Å². The molecule has 0 bridgehead atoms. The van der Waals surface area contributed by atoms with Gasteiger partial charge in [0.2, 0.25) is 0 Å². The Morgan fingerprint density at radius 3 is 2.81 bits per heavy atom. The van der Waals surface area contributed by atoms with E-state index in [0.717, 1.165) is 31.3 Å². The maximum Gasteiger partial charge on any atom is 0.132 e. The molecule has 0 saturated heterocycles. The number of nitrogens with one attached hydrogen (secondary N) is 1. The molecule has 16 heavy (non-hydrogen) atoms. The van der Waals surface area contributed by atoms with E-state index in [4.69, 9.17) is 0 Å². The van der Waals surface area contributed by atoms with E-state index in [0.29, 0.717) is 5.92 Å². The molecule has 4 nitrogen and oxygen atoms in total. The van der Waals surface area contributed by atoms with Crippen molar-refractivity contribution in [2.75, 3.05) is 31.6 Å². The molecule has 0 radical (unpaired) electrons. The molecule has 0 spiro atoms. The van der Waals surface area contributed by atoms with E-state index in [1.165, 1.54) is 0 Å². The zero-order chi connectivity index (χ0) is 12.0. The van der Waals surface area contributed by atoms with Crippen molar-refractivity contribution in [1.29, 1.82) is 0 Å². The molecule has 1 N–H and O–H groups in total. The highest BCUT2D eigenvalue weighted by atomic mass is 15.2. The van der Waals surface area contributed by atoms with Crippen molar-refractivity contribution in [2.45, 2.75) is 20.8 Å². The largest absolute Gasteiger partial charge is 0.358 e. The fraction of sp³-hybridized carbons (Fsp3) is 0.667. The van der Waals surface area contributed by atoms with Gasteiger partial charge >= 0.3 is 0 Å². The molecule has 1 heterocycles. The molecule has 1 rings (SSSR count). The molecular formula is C12H22N4. The van der Waals surface area contributed by atoms with Crippen LogP contribution in [0.1, 0.15) is 19.7 Å². The first-order valence-electron chi connectivity index (χ1n) is 5.81. The van der Waals surface area contributed by atoms with Crippen LogP contribution in [0, 0.1) is 12.8 Å². The molecule has 0 atom stereocenters. The van der Waals surface area contributed by atoms with Crippen LogP contribution < -0.4 is 10.2 Å². The van der Waals surface area contributed by atoms with Gasteiger partial charge in [-0.25, -0.2) is 9.97 Å². The van der Waals surface area contributed by atoms with Gasteiger partial charge in [0.1, 0.15) is 11.6 Å². The molecule has 0 aliphatic heterocycles. The summed E-state index contributed by atoms with van der Waals surface area (Å²) in [6, 6.07) is 1.94. The van der Waals surface area contributed by atoms with Gasteiger partial charge in [0, 0.05) is 26.3 Å². The quantitative estimate of drug-likeness (QED) is 0.740. The molecule has 0 amide bonds. The summed E-state index contributed by atoms with van der Waals surface area (Å²) in [4.78, 5) is 10.6. The molecule has 4 heteroatoms. The minimum Gasteiger partial charge on any atom is -0.358 e. The van der Waals surface area contributed by atoms with Crippen LogP contribution in [0.25, 0.3) is 0 Å². The third kappa shape index (κ3) is 4.57. The van der Waals surface area contributed by atoms with Gasteiger partial charge in [-0.15, -0.1) is 0 Å². The first kappa shape index (κ1) is 12.9. The molecule has 1 aromatic heterocycles. The van der Waals surface area contributed by atoms with Crippen molar-refractivity contribution >= 4 is 5.82 Å². The fourth-order valence-corrected chi connectivity index (χ4v) is 1.41. The van der Waals surface area contributed by atoms with E-state index in [1.807, 2.05) is 13.0 Å². The SMILES string of the molecule is Cc1nccc(N(C)CCNCC(C)C)n1. The van der Waals surface area contributed by atoms with Gasteiger partial charge in [-0.05, 0) is 25.5 Å². The first-order chi connectivity index (χ1) is 7.59. The Bertz CT molecular complexity index is 312. The monoisotopic (exact) mass is 222 g/mol.